The zero-order chi connectivity index (χ0) is 25.5. The first kappa shape index (κ1) is 25.3. The highest BCUT2D eigenvalue weighted by Crippen LogP contribution is 2.25. The number of ether oxygens (including phenoxy) is 1. The van der Waals surface area contributed by atoms with Crippen LogP contribution in [0.4, 0.5) is 30.9 Å². The van der Waals surface area contributed by atoms with Crippen LogP contribution in [-0.4, -0.2) is 76.8 Å². The maximum absolute atomic E-state index is 12.8. The molecule has 9 nitrogen and oxygen atoms in total. The molecule has 4 rings (SSSR count). The number of amides is 2. The van der Waals surface area contributed by atoms with Gasteiger partial charge in [0.25, 0.3) is 0 Å². The standard InChI is InChI=1S/C25H28F2N6O3/c1-17-2-5-20(14-22(17)31-25(35)33-10-8-32(9-11-33)12-13-34)30-24-28-15-19(16-29-24)18-3-6-21(7-4-18)36-23(26)27/h2-7,14-16,23,34H,8-13H2,1H3,(H,31,35)(H,28,29,30). The number of halogens is 2. The Labute approximate surface area is 207 Å². The van der Waals surface area contributed by atoms with E-state index in [4.69, 9.17) is 5.11 Å². The molecule has 3 N–H and O–H groups in total. The SMILES string of the molecule is Cc1ccc(Nc2ncc(-c3ccc(OC(F)F)cc3)cn2)cc1NC(=O)N1CCN(CCO)CC1. The van der Waals surface area contributed by atoms with Gasteiger partial charge in [-0.15, -0.1) is 0 Å². The lowest BCUT2D eigenvalue weighted by atomic mass is 10.1. The molecule has 1 aliphatic rings. The second-order valence-electron chi connectivity index (χ2n) is 8.34. The summed E-state index contributed by atoms with van der Waals surface area (Å²) >= 11 is 0. The van der Waals surface area contributed by atoms with E-state index in [-0.39, 0.29) is 18.4 Å². The van der Waals surface area contributed by atoms with Gasteiger partial charge in [0.1, 0.15) is 5.75 Å². The molecule has 1 fully saturated rings. The number of carbonyl (C=O) groups excluding carboxylic acids is 1. The van der Waals surface area contributed by atoms with E-state index in [1.54, 1.807) is 29.4 Å². The second-order valence-corrected chi connectivity index (χ2v) is 8.34. The molecule has 0 aliphatic carbocycles. The number of aryl methyl sites for hydroxylation is 1. The number of urea groups is 1. The van der Waals surface area contributed by atoms with Crippen LogP contribution >= 0.6 is 0 Å². The van der Waals surface area contributed by atoms with Gasteiger partial charge in [-0.3, -0.25) is 4.90 Å². The molecule has 0 unspecified atom stereocenters. The van der Waals surface area contributed by atoms with Crippen LogP contribution < -0.4 is 15.4 Å². The Morgan fingerprint density at radius 2 is 1.75 bits per heavy atom. The van der Waals surface area contributed by atoms with Crippen molar-refractivity contribution in [2.75, 3.05) is 50.0 Å². The minimum Gasteiger partial charge on any atom is -0.435 e. The lowest BCUT2D eigenvalue weighted by Crippen LogP contribution is -2.50. The predicted octanol–water partition coefficient (Wildman–Crippen LogP) is 3.94. The number of anilines is 3. The first-order chi connectivity index (χ1) is 17.4. The first-order valence-electron chi connectivity index (χ1n) is 11.6. The topological polar surface area (TPSA) is 103 Å². The van der Waals surface area contributed by atoms with Crippen LogP contribution in [0.3, 0.4) is 0 Å². The van der Waals surface area contributed by atoms with Crippen molar-refractivity contribution in [3.63, 3.8) is 0 Å². The number of carbonyl (C=O) groups is 1. The third-order valence-electron chi connectivity index (χ3n) is 5.88. The summed E-state index contributed by atoms with van der Waals surface area (Å²) < 4.78 is 29.0. The molecule has 2 heterocycles. The van der Waals surface area contributed by atoms with Crippen molar-refractivity contribution in [3.05, 3.63) is 60.4 Å². The van der Waals surface area contributed by atoms with E-state index in [1.165, 1.54) is 12.1 Å². The second kappa shape index (κ2) is 11.7. The van der Waals surface area contributed by atoms with E-state index in [0.29, 0.717) is 37.0 Å². The first-order valence-corrected chi connectivity index (χ1v) is 11.6. The molecular formula is C25H28F2N6O3. The quantitative estimate of drug-likeness (QED) is 0.432. The van der Waals surface area contributed by atoms with Gasteiger partial charge < -0.3 is 25.4 Å². The zero-order valence-electron chi connectivity index (χ0n) is 19.8. The summed E-state index contributed by atoms with van der Waals surface area (Å²) in [6.07, 6.45) is 3.26. The number of aromatic nitrogens is 2. The molecule has 3 aromatic rings. The normalized spacial score (nSPS) is 14.1. The third-order valence-corrected chi connectivity index (χ3v) is 5.88. The molecule has 2 amide bonds. The van der Waals surface area contributed by atoms with Crippen molar-refractivity contribution >= 4 is 23.4 Å². The minimum atomic E-state index is -2.87. The molecule has 0 bridgehead atoms. The molecule has 1 aromatic heterocycles. The third kappa shape index (κ3) is 6.64. The van der Waals surface area contributed by atoms with Crippen molar-refractivity contribution in [2.24, 2.45) is 0 Å². The average Bonchev–Trinajstić information content (AvgIpc) is 2.87. The van der Waals surface area contributed by atoms with Gasteiger partial charge in [0.15, 0.2) is 0 Å². The van der Waals surface area contributed by atoms with Gasteiger partial charge in [-0.1, -0.05) is 18.2 Å². The zero-order valence-corrected chi connectivity index (χ0v) is 19.8. The Kier molecular flexibility index (Phi) is 8.24. The number of β-amino-alcohol motifs (C(OH)–C–C–N with tert-alkyl or cyclic N) is 1. The lowest BCUT2D eigenvalue weighted by molar-refractivity contribution is -0.0498. The number of nitrogens with one attached hydrogen (secondary N) is 2. The Morgan fingerprint density at radius 3 is 2.39 bits per heavy atom. The molecule has 0 atom stereocenters. The van der Waals surface area contributed by atoms with Gasteiger partial charge in [-0.05, 0) is 42.3 Å². The van der Waals surface area contributed by atoms with Crippen LogP contribution in [0.2, 0.25) is 0 Å². The summed E-state index contributed by atoms with van der Waals surface area (Å²) in [4.78, 5) is 25.3. The number of nitrogens with zero attached hydrogens (tertiary/aromatic N) is 4. The maximum Gasteiger partial charge on any atom is 0.387 e. The molecule has 1 aliphatic heterocycles. The van der Waals surface area contributed by atoms with E-state index >= 15 is 0 Å². The summed E-state index contributed by atoms with van der Waals surface area (Å²) in [6.45, 7) is 2.45. The van der Waals surface area contributed by atoms with Crippen LogP contribution in [0.15, 0.2) is 54.9 Å². The molecule has 1 saturated heterocycles. The molecule has 0 saturated carbocycles. The minimum absolute atomic E-state index is 0.0826. The highest BCUT2D eigenvalue weighted by Gasteiger charge is 2.21. The van der Waals surface area contributed by atoms with Crippen molar-refractivity contribution in [2.45, 2.75) is 13.5 Å². The number of aliphatic hydroxyl groups excluding tert-OH is 1. The lowest BCUT2D eigenvalue weighted by Gasteiger charge is -2.34. The molecule has 0 radical (unpaired) electrons. The average molecular weight is 499 g/mol. The summed E-state index contributed by atoms with van der Waals surface area (Å²) in [7, 11) is 0. The van der Waals surface area contributed by atoms with E-state index in [1.807, 2.05) is 25.1 Å². The fourth-order valence-electron chi connectivity index (χ4n) is 3.84. The van der Waals surface area contributed by atoms with Crippen molar-refractivity contribution in [1.29, 1.82) is 0 Å². The van der Waals surface area contributed by atoms with Gasteiger partial charge in [0.05, 0.1) is 6.61 Å². The van der Waals surface area contributed by atoms with Gasteiger partial charge in [-0.2, -0.15) is 8.78 Å². The summed E-state index contributed by atoms with van der Waals surface area (Å²) in [5.74, 6) is 0.455. The van der Waals surface area contributed by atoms with Gasteiger partial charge in [-0.25, -0.2) is 14.8 Å². The molecule has 2 aromatic carbocycles. The highest BCUT2D eigenvalue weighted by molar-refractivity contribution is 5.91. The van der Waals surface area contributed by atoms with Crippen molar-refractivity contribution < 1.29 is 23.4 Å². The van der Waals surface area contributed by atoms with E-state index in [2.05, 4.69) is 30.2 Å². The summed E-state index contributed by atoms with van der Waals surface area (Å²) in [5.41, 5.74) is 3.81. The fraction of sp³-hybridized carbons (Fsp3) is 0.320. The molecule has 190 valence electrons. The van der Waals surface area contributed by atoms with E-state index < -0.39 is 6.61 Å². The number of aliphatic hydroxyl groups is 1. The van der Waals surface area contributed by atoms with Crippen molar-refractivity contribution in [1.82, 2.24) is 19.8 Å². The molecule has 0 spiro atoms. The number of rotatable bonds is 8. The molecular weight excluding hydrogens is 470 g/mol. The fourth-order valence-corrected chi connectivity index (χ4v) is 3.84. The Bertz CT molecular complexity index is 1150. The van der Waals surface area contributed by atoms with Crippen LogP contribution in [0.1, 0.15) is 5.56 Å². The number of benzene rings is 2. The Morgan fingerprint density at radius 1 is 1.06 bits per heavy atom. The smallest absolute Gasteiger partial charge is 0.387 e. The van der Waals surface area contributed by atoms with Crippen molar-refractivity contribution in [3.8, 4) is 16.9 Å². The van der Waals surface area contributed by atoms with Crippen LogP contribution in [0.5, 0.6) is 5.75 Å². The summed E-state index contributed by atoms with van der Waals surface area (Å²) in [6, 6.07) is 11.7. The van der Waals surface area contributed by atoms with Gasteiger partial charge in [0, 0.05) is 62.1 Å². The Balaban J connectivity index is 1.37. The van der Waals surface area contributed by atoms with Crippen LogP contribution in [0, 0.1) is 6.92 Å². The number of alkyl halides is 2. The number of hydrogen-bond acceptors (Lipinski definition) is 7. The number of hydrogen-bond donors (Lipinski definition) is 3. The molecule has 11 heteroatoms. The number of piperazine rings is 1. The largest absolute Gasteiger partial charge is 0.435 e. The van der Waals surface area contributed by atoms with E-state index in [9.17, 15) is 13.6 Å². The Hall–Kier alpha value is -3.83. The van der Waals surface area contributed by atoms with Gasteiger partial charge in [0.2, 0.25) is 5.95 Å². The predicted molar refractivity (Wildman–Crippen MR) is 133 cm³/mol. The highest BCUT2D eigenvalue weighted by atomic mass is 19.3. The van der Waals surface area contributed by atoms with E-state index in [0.717, 1.165) is 29.8 Å². The van der Waals surface area contributed by atoms with Crippen LogP contribution in [-0.2, 0) is 0 Å². The monoisotopic (exact) mass is 498 g/mol. The molecule has 36 heavy (non-hydrogen) atoms. The van der Waals surface area contributed by atoms with Crippen LogP contribution in [0.25, 0.3) is 11.1 Å². The van der Waals surface area contributed by atoms with Gasteiger partial charge >= 0.3 is 12.6 Å². The summed E-state index contributed by atoms with van der Waals surface area (Å²) in [5, 5.41) is 15.2. The maximum atomic E-state index is 12.8.